The van der Waals surface area contributed by atoms with Gasteiger partial charge in [-0.15, -0.1) is 11.3 Å². The molecule has 30 heavy (non-hydrogen) atoms. The first kappa shape index (κ1) is 22.2. The van der Waals surface area contributed by atoms with Gasteiger partial charge in [-0.05, 0) is 30.9 Å². The van der Waals surface area contributed by atoms with Crippen LogP contribution in [-0.2, 0) is 0 Å². The highest BCUT2D eigenvalue weighted by atomic mass is 32.1. The number of carbonyl (C=O) groups excluding carboxylic acids is 1. The third-order valence-corrected chi connectivity index (χ3v) is 5.74. The van der Waals surface area contributed by atoms with E-state index >= 15 is 0 Å². The number of rotatable bonds is 5. The minimum atomic E-state index is -0.659. The van der Waals surface area contributed by atoms with Gasteiger partial charge < -0.3 is 20.6 Å². The molecule has 3 N–H and O–H groups in total. The lowest BCUT2D eigenvalue weighted by Gasteiger charge is -2.28. The lowest BCUT2D eigenvalue weighted by atomic mass is 10.1. The quantitative estimate of drug-likeness (QED) is 0.575. The highest BCUT2D eigenvalue weighted by Gasteiger charge is 2.22. The molecule has 1 amide bonds. The summed E-state index contributed by atoms with van der Waals surface area (Å²) in [6.45, 7) is 11.3. The van der Waals surface area contributed by atoms with Crippen LogP contribution in [0.1, 0.15) is 37.4 Å². The topological polar surface area (TPSA) is 94.8 Å². The maximum absolute atomic E-state index is 12.4. The molecule has 1 aliphatic heterocycles. The lowest BCUT2D eigenvalue weighted by molar-refractivity contribution is 0.0873. The molecule has 1 saturated heterocycles. The highest BCUT2D eigenvalue weighted by Crippen LogP contribution is 2.29. The molecule has 1 fully saturated rings. The highest BCUT2D eigenvalue weighted by molar-refractivity contribution is 7.12. The summed E-state index contributed by atoms with van der Waals surface area (Å²) >= 11 is 1.37. The van der Waals surface area contributed by atoms with Crippen LogP contribution < -0.4 is 15.5 Å². The van der Waals surface area contributed by atoms with Crippen molar-refractivity contribution in [3.63, 3.8) is 0 Å². The van der Waals surface area contributed by atoms with Crippen LogP contribution in [0.4, 0.5) is 5.69 Å². The van der Waals surface area contributed by atoms with Crippen LogP contribution in [0.25, 0.3) is 16.8 Å². The van der Waals surface area contributed by atoms with Gasteiger partial charge in [-0.3, -0.25) is 4.79 Å². The number of aromatic nitrogens is 3. The van der Waals surface area contributed by atoms with E-state index in [-0.39, 0.29) is 12.5 Å². The Kier molecular flexibility index (Phi) is 7.06. The Balaban J connectivity index is 0.00000124. The Hall–Kier alpha value is -2.49. The first-order valence-corrected chi connectivity index (χ1v) is 11.2. The van der Waals surface area contributed by atoms with Crippen LogP contribution in [0.2, 0.25) is 0 Å². The number of aliphatic hydroxyl groups is 1. The molecule has 9 heteroatoms. The van der Waals surface area contributed by atoms with Crippen LogP contribution in [-0.4, -0.2) is 63.9 Å². The SMILES string of the molecule is CC.CC(C)(CO)NC(=O)c1cc(-c2cnn3cc(N4CCNCC4)cnc23)cs1. The summed E-state index contributed by atoms with van der Waals surface area (Å²) in [4.78, 5) is 19.9. The maximum Gasteiger partial charge on any atom is 0.261 e. The Morgan fingerprint density at radius 2 is 2.03 bits per heavy atom. The Morgan fingerprint density at radius 1 is 1.30 bits per heavy atom. The van der Waals surface area contributed by atoms with Gasteiger partial charge in [0.2, 0.25) is 0 Å². The molecule has 162 valence electrons. The van der Waals surface area contributed by atoms with E-state index in [1.165, 1.54) is 11.3 Å². The summed E-state index contributed by atoms with van der Waals surface area (Å²) < 4.78 is 1.79. The van der Waals surface area contributed by atoms with Crippen LogP contribution in [0, 0.1) is 0 Å². The molecule has 4 heterocycles. The van der Waals surface area contributed by atoms with E-state index in [0.717, 1.165) is 48.6 Å². The van der Waals surface area contributed by atoms with Crippen molar-refractivity contribution in [3.05, 3.63) is 34.9 Å². The number of hydrogen-bond donors (Lipinski definition) is 3. The molecule has 1 aliphatic rings. The number of nitrogens with one attached hydrogen (secondary N) is 2. The zero-order valence-corrected chi connectivity index (χ0v) is 18.8. The molecule has 8 nitrogen and oxygen atoms in total. The fourth-order valence-corrected chi connectivity index (χ4v) is 3.96. The summed E-state index contributed by atoms with van der Waals surface area (Å²) in [5.41, 5.74) is 2.96. The van der Waals surface area contributed by atoms with Gasteiger partial charge in [0, 0.05) is 31.7 Å². The van der Waals surface area contributed by atoms with E-state index < -0.39 is 5.54 Å². The minimum Gasteiger partial charge on any atom is -0.394 e. The van der Waals surface area contributed by atoms with Crippen LogP contribution in [0.5, 0.6) is 0 Å². The zero-order chi connectivity index (χ0) is 21.7. The van der Waals surface area contributed by atoms with Crippen molar-refractivity contribution in [1.82, 2.24) is 25.2 Å². The fraction of sp³-hybridized carbons (Fsp3) is 0.476. The molecule has 0 bridgehead atoms. The molecule has 4 rings (SSSR count). The molecule has 0 aromatic carbocycles. The molecule has 3 aromatic rings. The molecular formula is C21H30N6O2S. The molecular weight excluding hydrogens is 400 g/mol. The number of hydrogen-bond acceptors (Lipinski definition) is 7. The number of fused-ring (bicyclic) bond motifs is 1. The van der Waals surface area contributed by atoms with Crippen molar-refractivity contribution >= 4 is 28.6 Å². The number of thiophene rings is 1. The van der Waals surface area contributed by atoms with E-state index in [2.05, 4.69) is 25.6 Å². The van der Waals surface area contributed by atoms with Gasteiger partial charge in [0.1, 0.15) is 0 Å². The van der Waals surface area contributed by atoms with E-state index in [0.29, 0.717) is 4.88 Å². The predicted molar refractivity (Wildman–Crippen MR) is 121 cm³/mol. The van der Waals surface area contributed by atoms with Crippen molar-refractivity contribution in [1.29, 1.82) is 0 Å². The van der Waals surface area contributed by atoms with Crippen molar-refractivity contribution in [3.8, 4) is 11.1 Å². The van der Waals surface area contributed by atoms with Crippen molar-refractivity contribution < 1.29 is 9.90 Å². The molecule has 0 unspecified atom stereocenters. The minimum absolute atomic E-state index is 0.121. The van der Waals surface area contributed by atoms with Gasteiger partial charge in [0.05, 0.1) is 41.3 Å². The number of aliphatic hydroxyl groups excluding tert-OH is 1. The summed E-state index contributed by atoms with van der Waals surface area (Å²) in [6.07, 6.45) is 5.67. The first-order valence-electron chi connectivity index (χ1n) is 10.3. The second-order valence-electron chi connectivity index (χ2n) is 7.57. The third kappa shape index (κ3) is 4.80. The van der Waals surface area contributed by atoms with E-state index in [4.69, 9.17) is 0 Å². The predicted octanol–water partition coefficient (Wildman–Crippen LogP) is 2.39. The summed E-state index contributed by atoms with van der Waals surface area (Å²) in [5.74, 6) is -0.194. The molecule has 0 spiro atoms. The number of piperazine rings is 1. The summed E-state index contributed by atoms with van der Waals surface area (Å²) in [5, 5.41) is 21.9. The number of nitrogens with zero attached hydrogens (tertiary/aromatic N) is 4. The lowest BCUT2D eigenvalue weighted by Crippen LogP contribution is -2.46. The Labute approximate surface area is 180 Å². The van der Waals surface area contributed by atoms with E-state index in [9.17, 15) is 9.90 Å². The van der Waals surface area contributed by atoms with E-state index in [1.807, 2.05) is 37.7 Å². The number of amides is 1. The standard InChI is InChI=1S/C19H24N6O2S.C2H6/c1-19(2,12-26)23-18(27)16-7-13(11-28-16)15-9-22-25-10-14(8-21-17(15)25)24-5-3-20-4-6-24;1-2/h7-11,20,26H,3-6,12H2,1-2H3,(H,23,27);1-2H3. The number of anilines is 1. The van der Waals surface area contributed by atoms with Crippen LogP contribution >= 0.6 is 11.3 Å². The smallest absolute Gasteiger partial charge is 0.261 e. The second-order valence-corrected chi connectivity index (χ2v) is 8.48. The monoisotopic (exact) mass is 430 g/mol. The van der Waals surface area contributed by atoms with Crippen molar-refractivity contribution in [2.24, 2.45) is 0 Å². The van der Waals surface area contributed by atoms with E-state index in [1.54, 1.807) is 24.6 Å². The van der Waals surface area contributed by atoms with Gasteiger partial charge in [-0.25, -0.2) is 9.50 Å². The largest absolute Gasteiger partial charge is 0.394 e. The van der Waals surface area contributed by atoms with Gasteiger partial charge in [-0.2, -0.15) is 5.10 Å². The van der Waals surface area contributed by atoms with Gasteiger partial charge >= 0.3 is 0 Å². The third-order valence-electron chi connectivity index (χ3n) is 4.81. The second kappa shape index (κ2) is 9.55. The Bertz CT molecular complexity index is 990. The molecule has 0 atom stereocenters. The van der Waals surface area contributed by atoms with Gasteiger partial charge in [-0.1, -0.05) is 13.8 Å². The number of carbonyl (C=O) groups is 1. The zero-order valence-electron chi connectivity index (χ0n) is 18.0. The van der Waals surface area contributed by atoms with Crippen LogP contribution in [0.3, 0.4) is 0 Å². The van der Waals surface area contributed by atoms with Crippen molar-refractivity contribution in [2.45, 2.75) is 33.2 Å². The van der Waals surface area contributed by atoms with Gasteiger partial charge in [0.25, 0.3) is 5.91 Å². The first-order chi connectivity index (χ1) is 14.5. The maximum atomic E-state index is 12.4. The molecule has 3 aromatic heterocycles. The molecule has 0 aliphatic carbocycles. The normalized spacial score (nSPS) is 14.4. The Morgan fingerprint density at radius 3 is 2.73 bits per heavy atom. The molecule has 0 saturated carbocycles. The van der Waals surface area contributed by atoms with Crippen LogP contribution in [0.15, 0.2) is 30.0 Å². The van der Waals surface area contributed by atoms with Gasteiger partial charge in [0.15, 0.2) is 5.65 Å². The molecule has 0 radical (unpaired) electrons. The fourth-order valence-electron chi connectivity index (χ4n) is 3.16. The summed E-state index contributed by atoms with van der Waals surface area (Å²) in [6, 6.07) is 1.84. The average Bonchev–Trinajstić information content (AvgIpc) is 3.42. The average molecular weight is 431 g/mol. The summed E-state index contributed by atoms with van der Waals surface area (Å²) in [7, 11) is 0. The van der Waals surface area contributed by atoms with Crippen molar-refractivity contribution in [2.75, 3.05) is 37.7 Å².